The number of carbonyl (C=O) groups excluding carboxylic acids is 3. The van der Waals surface area contributed by atoms with Crippen molar-refractivity contribution in [1.82, 2.24) is 0 Å². The smallest absolute Gasteiger partial charge is 0.262 e. The minimum atomic E-state index is -1.45. The number of amides is 2. The first kappa shape index (κ1) is 23.3. The summed E-state index contributed by atoms with van der Waals surface area (Å²) in [5, 5.41) is 16.5. The monoisotopic (exact) mass is 447 g/mol. The van der Waals surface area contributed by atoms with E-state index in [-0.39, 0.29) is 30.2 Å². The second-order valence-corrected chi connectivity index (χ2v) is 7.39. The van der Waals surface area contributed by atoms with E-state index in [1.807, 2.05) is 38.1 Å². The SMILES string of the molecule is Cc1ccc(OCC(=O)Nc2cc(NC(=O)COc3ccc(C)cc3)cc(C(=O)[O-])c2)cc1. The van der Waals surface area contributed by atoms with E-state index in [0.29, 0.717) is 11.5 Å². The summed E-state index contributed by atoms with van der Waals surface area (Å²) in [5.74, 6) is -1.38. The normalized spacial score (nSPS) is 10.2. The first-order valence-corrected chi connectivity index (χ1v) is 10.1. The maximum atomic E-state index is 12.2. The predicted octanol–water partition coefficient (Wildman–Crippen LogP) is 2.70. The first-order chi connectivity index (χ1) is 15.8. The van der Waals surface area contributed by atoms with E-state index in [9.17, 15) is 19.5 Å². The molecular weight excluding hydrogens is 424 g/mol. The third-order valence-electron chi connectivity index (χ3n) is 4.52. The number of hydrogen-bond donors (Lipinski definition) is 2. The number of nitrogens with one attached hydrogen (secondary N) is 2. The fraction of sp³-hybridized carbons (Fsp3) is 0.160. The molecule has 0 spiro atoms. The van der Waals surface area contributed by atoms with Crippen LogP contribution in [0.25, 0.3) is 0 Å². The van der Waals surface area contributed by atoms with Crippen LogP contribution in [0.5, 0.6) is 11.5 Å². The summed E-state index contributed by atoms with van der Waals surface area (Å²) >= 11 is 0. The molecule has 170 valence electrons. The zero-order valence-corrected chi connectivity index (χ0v) is 18.2. The van der Waals surface area contributed by atoms with Gasteiger partial charge >= 0.3 is 0 Å². The predicted molar refractivity (Wildman–Crippen MR) is 121 cm³/mol. The van der Waals surface area contributed by atoms with Crippen LogP contribution in [0, 0.1) is 13.8 Å². The van der Waals surface area contributed by atoms with Gasteiger partial charge in [-0.3, -0.25) is 9.59 Å². The minimum absolute atomic E-state index is 0.170. The van der Waals surface area contributed by atoms with Crippen LogP contribution in [0.1, 0.15) is 21.5 Å². The van der Waals surface area contributed by atoms with E-state index in [1.54, 1.807) is 24.3 Å². The van der Waals surface area contributed by atoms with Crippen molar-refractivity contribution in [3.05, 3.63) is 83.4 Å². The number of ether oxygens (including phenoxy) is 2. The van der Waals surface area contributed by atoms with Gasteiger partial charge in [0.15, 0.2) is 13.2 Å². The molecule has 0 aliphatic carbocycles. The lowest BCUT2D eigenvalue weighted by atomic mass is 10.1. The van der Waals surface area contributed by atoms with Gasteiger partial charge in [-0.15, -0.1) is 0 Å². The summed E-state index contributed by atoms with van der Waals surface area (Å²) in [6.07, 6.45) is 0. The van der Waals surface area contributed by atoms with Gasteiger partial charge in [0.2, 0.25) is 0 Å². The molecule has 33 heavy (non-hydrogen) atoms. The van der Waals surface area contributed by atoms with Gasteiger partial charge in [0.05, 0.1) is 5.97 Å². The standard InChI is InChI=1S/C25H24N2O6/c1-16-3-7-21(8-4-16)32-14-23(28)26-19-11-18(25(30)31)12-20(13-19)27-24(29)15-33-22-9-5-17(2)6-10-22/h3-13H,14-15H2,1-2H3,(H,26,28)(H,27,29)(H,30,31)/p-1. The fourth-order valence-electron chi connectivity index (χ4n) is 2.85. The van der Waals surface area contributed by atoms with Crippen LogP contribution >= 0.6 is 0 Å². The van der Waals surface area contributed by atoms with Crippen LogP contribution in [-0.4, -0.2) is 31.0 Å². The summed E-state index contributed by atoms with van der Waals surface area (Å²) in [6, 6.07) is 18.3. The van der Waals surface area contributed by atoms with Crippen LogP contribution in [0.4, 0.5) is 11.4 Å². The molecule has 0 fully saturated rings. The number of aromatic carboxylic acids is 1. The second-order valence-electron chi connectivity index (χ2n) is 7.39. The summed E-state index contributed by atoms with van der Waals surface area (Å²) in [6.45, 7) is 3.33. The molecule has 2 amide bonds. The molecule has 0 aromatic heterocycles. The van der Waals surface area contributed by atoms with Gasteiger partial charge < -0.3 is 30.0 Å². The third-order valence-corrected chi connectivity index (χ3v) is 4.52. The Kier molecular flexibility index (Phi) is 7.64. The Morgan fingerprint density at radius 3 is 1.45 bits per heavy atom. The lowest BCUT2D eigenvalue weighted by Crippen LogP contribution is -2.25. The van der Waals surface area contributed by atoms with Gasteiger partial charge in [0.1, 0.15) is 11.5 Å². The molecule has 0 aliphatic rings. The van der Waals surface area contributed by atoms with Crippen LogP contribution in [0.2, 0.25) is 0 Å². The molecule has 0 atom stereocenters. The van der Waals surface area contributed by atoms with Crippen molar-refractivity contribution < 1.29 is 29.0 Å². The molecular formula is C25H23N2O6-. The van der Waals surface area contributed by atoms with Gasteiger partial charge in [0, 0.05) is 16.9 Å². The molecule has 0 aliphatic heterocycles. The third kappa shape index (κ3) is 7.39. The Balaban J connectivity index is 1.61. The Labute approximate surface area is 191 Å². The van der Waals surface area contributed by atoms with Crippen LogP contribution in [0.3, 0.4) is 0 Å². The van der Waals surface area contributed by atoms with Crippen molar-refractivity contribution >= 4 is 29.2 Å². The fourth-order valence-corrected chi connectivity index (χ4v) is 2.85. The summed E-state index contributed by atoms with van der Waals surface area (Å²) in [7, 11) is 0. The highest BCUT2D eigenvalue weighted by atomic mass is 16.5. The van der Waals surface area contributed by atoms with Gasteiger partial charge in [-0.2, -0.15) is 0 Å². The number of anilines is 2. The Morgan fingerprint density at radius 2 is 1.09 bits per heavy atom. The number of rotatable bonds is 9. The summed E-state index contributed by atoms with van der Waals surface area (Å²) in [4.78, 5) is 35.9. The van der Waals surface area contributed by atoms with E-state index in [4.69, 9.17) is 9.47 Å². The highest BCUT2D eigenvalue weighted by Crippen LogP contribution is 2.20. The molecule has 0 saturated heterocycles. The van der Waals surface area contributed by atoms with Gasteiger partial charge in [-0.25, -0.2) is 0 Å². The highest BCUT2D eigenvalue weighted by molar-refractivity contribution is 5.98. The zero-order chi connectivity index (χ0) is 23.8. The Morgan fingerprint density at radius 1 is 0.697 bits per heavy atom. The number of aryl methyl sites for hydroxylation is 2. The Hall–Kier alpha value is -4.33. The molecule has 3 rings (SSSR count). The van der Waals surface area contributed by atoms with E-state index >= 15 is 0 Å². The average Bonchev–Trinajstić information content (AvgIpc) is 2.78. The molecule has 3 aromatic carbocycles. The maximum absolute atomic E-state index is 12.2. The lowest BCUT2D eigenvalue weighted by Gasteiger charge is -2.13. The molecule has 0 radical (unpaired) electrons. The maximum Gasteiger partial charge on any atom is 0.262 e. The molecule has 0 bridgehead atoms. The minimum Gasteiger partial charge on any atom is -0.545 e. The molecule has 8 nitrogen and oxygen atoms in total. The van der Waals surface area contributed by atoms with Crippen molar-refractivity contribution in [1.29, 1.82) is 0 Å². The van der Waals surface area contributed by atoms with E-state index < -0.39 is 17.8 Å². The van der Waals surface area contributed by atoms with Gasteiger partial charge in [0.25, 0.3) is 11.8 Å². The highest BCUT2D eigenvalue weighted by Gasteiger charge is 2.10. The van der Waals surface area contributed by atoms with Crippen molar-refractivity contribution in [3.63, 3.8) is 0 Å². The molecule has 8 heteroatoms. The first-order valence-electron chi connectivity index (χ1n) is 10.1. The second kappa shape index (κ2) is 10.8. The van der Waals surface area contributed by atoms with Crippen molar-refractivity contribution in [2.75, 3.05) is 23.8 Å². The average molecular weight is 447 g/mol. The summed E-state index contributed by atoms with van der Waals surface area (Å²) in [5.41, 5.74) is 2.25. The molecule has 0 heterocycles. The van der Waals surface area contributed by atoms with Crippen LogP contribution in [0.15, 0.2) is 66.7 Å². The molecule has 0 saturated carbocycles. The quantitative estimate of drug-likeness (QED) is 0.521. The van der Waals surface area contributed by atoms with Crippen molar-refractivity contribution in [2.24, 2.45) is 0 Å². The zero-order valence-electron chi connectivity index (χ0n) is 18.2. The van der Waals surface area contributed by atoms with Gasteiger partial charge in [-0.1, -0.05) is 35.4 Å². The van der Waals surface area contributed by atoms with E-state index in [2.05, 4.69) is 10.6 Å². The van der Waals surface area contributed by atoms with Crippen LogP contribution in [-0.2, 0) is 9.59 Å². The van der Waals surface area contributed by atoms with Crippen molar-refractivity contribution in [3.8, 4) is 11.5 Å². The van der Waals surface area contributed by atoms with Crippen LogP contribution < -0.4 is 25.2 Å². The van der Waals surface area contributed by atoms with Crippen molar-refractivity contribution in [2.45, 2.75) is 13.8 Å². The molecule has 0 unspecified atom stereocenters. The van der Waals surface area contributed by atoms with E-state index in [0.717, 1.165) is 11.1 Å². The van der Waals surface area contributed by atoms with Gasteiger partial charge in [-0.05, 0) is 56.3 Å². The number of carboxylic acids is 1. The lowest BCUT2D eigenvalue weighted by molar-refractivity contribution is -0.255. The number of benzene rings is 3. The molecule has 3 aromatic rings. The number of hydrogen-bond acceptors (Lipinski definition) is 6. The largest absolute Gasteiger partial charge is 0.545 e. The van der Waals surface area contributed by atoms with E-state index in [1.165, 1.54) is 18.2 Å². The molecule has 2 N–H and O–H groups in total. The Bertz CT molecular complexity index is 1060. The number of carbonyl (C=O) groups is 3. The summed E-state index contributed by atoms with van der Waals surface area (Å²) < 4.78 is 10.8. The number of carboxylic acid groups (broad SMARTS) is 1. The topological polar surface area (TPSA) is 117 Å².